The molecule has 0 radical (unpaired) electrons. The highest BCUT2D eigenvalue weighted by molar-refractivity contribution is 5.93. The quantitative estimate of drug-likeness (QED) is 0.510. The second-order valence-electron chi connectivity index (χ2n) is 9.83. The summed E-state index contributed by atoms with van der Waals surface area (Å²) in [4.78, 5) is 36.8. The van der Waals surface area contributed by atoms with E-state index in [0.29, 0.717) is 16.9 Å². The van der Waals surface area contributed by atoms with Crippen molar-refractivity contribution < 1.29 is 24.0 Å². The number of aryl methyl sites for hydroxylation is 2. The number of carboxylic acid groups (broad SMARTS) is 1. The lowest BCUT2D eigenvalue weighted by Crippen LogP contribution is -2.58. The van der Waals surface area contributed by atoms with Crippen LogP contribution in [0.2, 0.25) is 0 Å². The number of benzene rings is 2. The highest BCUT2D eigenvalue weighted by Crippen LogP contribution is 2.29. The van der Waals surface area contributed by atoms with Crippen LogP contribution < -0.4 is 10.4 Å². The number of para-hydroxylation sites is 1. The Balaban J connectivity index is 0.00000108. The van der Waals surface area contributed by atoms with Crippen molar-refractivity contribution in [1.82, 2.24) is 4.90 Å². The predicted octanol–water partition coefficient (Wildman–Crippen LogP) is 2.66. The SMILES string of the molecule is Cc1cccc(C)c1NC(=O)C[N+]1(Cc2ccccc2)CCCC(C(=O)N2CCCC2)C1.O=C[O-]. The van der Waals surface area contributed by atoms with Crippen molar-refractivity contribution in [2.24, 2.45) is 5.92 Å². The van der Waals surface area contributed by atoms with E-state index < -0.39 is 6.47 Å². The van der Waals surface area contributed by atoms with Gasteiger partial charge in [-0.25, -0.2) is 0 Å². The van der Waals surface area contributed by atoms with Crippen molar-refractivity contribution in [1.29, 1.82) is 0 Å². The van der Waals surface area contributed by atoms with Crippen molar-refractivity contribution in [2.75, 3.05) is 38.0 Å². The number of amides is 2. The first-order valence-corrected chi connectivity index (χ1v) is 12.5. The van der Waals surface area contributed by atoms with E-state index in [1.165, 1.54) is 5.56 Å². The van der Waals surface area contributed by atoms with E-state index in [0.717, 1.165) is 75.2 Å². The molecule has 0 bridgehead atoms. The Hall–Kier alpha value is -3.19. The lowest BCUT2D eigenvalue weighted by molar-refractivity contribution is -0.940. The molecule has 0 aromatic heterocycles. The maximum absolute atomic E-state index is 13.3. The largest absolute Gasteiger partial charge is 0.554 e. The molecule has 0 saturated carbocycles. The molecule has 2 fully saturated rings. The molecule has 2 unspecified atom stereocenters. The van der Waals surface area contributed by atoms with Crippen molar-refractivity contribution in [2.45, 2.75) is 46.1 Å². The van der Waals surface area contributed by atoms with E-state index in [9.17, 15) is 9.59 Å². The summed E-state index contributed by atoms with van der Waals surface area (Å²) in [6.45, 7) is 8.19. The third-order valence-electron chi connectivity index (χ3n) is 7.15. The topological polar surface area (TPSA) is 89.5 Å². The lowest BCUT2D eigenvalue weighted by Gasteiger charge is -2.44. The van der Waals surface area contributed by atoms with Crippen LogP contribution in [0.25, 0.3) is 0 Å². The highest BCUT2D eigenvalue weighted by Gasteiger charge is 2.41. The number of carbonyl (C=O) groups is 3. The van der Waals surface area contributed by atoms with Gasteiger partial charge in [0.25, 0.3) is 5.91 Å². The summed E-state index contributed by atoms with van der Waals surface area (Å²) in [7, 11) is 0. The summed E-state index contributed by atoms with van der Waals surface area (Å²) in [6.07, 6.45) is 4.14. The van der Waals surface area contributed by atoms with Gasteiger partial charge >= 0.3 is 0 Å². The number of nitrogens with one attached hydrogen (secondary N) is 1. The minimum absolute atomic E-state index is 0.0126. The number of rotatable bonds is 6. The van der Waals surface area contributed by atoms with Gasteiger partial charge in [-0.2, -0.15) is 0 Å². The van der Waals surface area contributed by atoms with Crippen LogP contribution in [0.15, 0.2) is 48.5 Å². The average Bonchev–Trinajstić information content (AvgIpc) is 3.37. The van der Waals surface area contributed by atoms with Crippen LogP contribution in [0.1, 0.15) is 42.4 Å². The molecule has 2 aromatic rings. The lowest BCUT2D eigenvalue weighted by atomic mass is 9.93. The average molecular weight is 480 g/mol. The molecule has 0 spiro atoms. The Kier molecular flexibility index (Phi) is 9.43. The monoisotopic (exact) mass is 479 g/mol. The number of likely N-dealkylation sites (tertiary alicyclic amines) is 2. The van der Waals surface area contributed by atoms with E-state index in [2.05, 4.69) is 29.6 Å². The number of anilines is 1. The summed E-state index contributed by atoms with van der Waals surface area (Å²) < 4.78 is 0.644. The van der Waals surface area contributed by atoms with Crippen LogP contribution in [0, 0.1) is 19.8 Å². The van der Waals surface area contributed by atoms with E-state index in [-0.39, 0.29) is 11.8 Å². The zero-order valence-corrected chi connectivity index (χ0v) is 20.9. The number of carbonyl (C=O) groups excluding carboxylic acids is 3. The Labute approximate surface area is 208 Å². The van der Waals surface area contributed by atoms with Crippen LogP contribution in [0.3, 0.4) is 0 Å². The van der Waals surface area contributed by atoms with Gasteiger partial charge in [0.05, 0.1) is 19.0 Å². The van der Waals surface area contributed by atoms with Gasteiger partial charge in [-0.1, -0.05) is 48.5 Å². The van der Waals surface area contributed by atoms with Gasteiger partial charge in [-0.15, -0.1) is 0 Å². The van der Waals surface area contributed by atoms with Gasteiger partial charge in [-0.05, 0) is 50.7 Å². The summed E-state index contributed by atoms with van der Waals surface area (Å²) in [5, 5.41) is 11.4. The first-order valence-electron chi connectivity index (χ1n) is 12.5. The molecule has 2 saturated heterocycles. The molecule has 2 heterocycles. The summed E-state index contributed by atoms with van der Waals surface area (Å²) in [5.41, 5.74) is 4.29. The number of hydrogen-bond donors (Lipinski definition) is 1. The third kappa shape index (κ3) is 7.15. The first kappa shape index (κ1) is 26.4. The molecule has 1 N–H and O–H groups in total. The molecular weight excluding hydrogens is 442 g/mol. The van der Waals surface area contributed by atoms with Crippen molar-refractivity contribution in [3.05, 3.63) is 65.2 Å². The fourth-order valence-corrected chi connectivity index (χ4v) is 5.53. The Morgan fingerprint density at radius 2 is 1.66 bits per heavy atom. The molecular formula is C28H37N3O4. The number of hydrogen-bond acceptors (Lipinski definition) is 4. The smallest absolute Gasteiger partial charge is 0.279 e. The number of nitrogens with zero attached hydrogens (tertiary/aromatic N) is 2. The summed E-state index contributed by atoms with van der Waals surface area (Å²) >= 11 is 0. The molecule has 0 aliphatic carbocycles. The van der Waals surface area contributed by atoms with E-state index in [1.54, 1.807) is 0 Å². The Morgan fingerprint density at radius 1 is 1.03 bits per heavy atom. The highest BCUT2D eigenvalue weighted by atomic mass is 16.3. The second kappa shape index (κ2) is 12.5. The second-order valence-corrected chi connectivity index (χ2v) is 9.83. The fourth-order valence-electron chi connectivity index (χ4n) is 5.53. The molecule has 188 valence electrons. The van der Waals surface area contributed by atoms with E-state index >= 15 is 0 Å². The molecule has 2 aliphatic heterocycles. The fraction of sp³-hybridized carbons (Fsp3) is 0.464. The van der Waals surface area contributed by atoms with Crippen molar-refractivity contribution >= 4 is 24.0 Å². The van der Waals surface area contributed by atoms with Gasteiger partial charge in [-0.3, -0.25) is 9.59 Å². The van der Waals surface area contributed by atoms with Crippen molar-refractivity contribution in [3.8, 4) is 0 Å². The van der Waals surface area contributed by atoms with Crippen LogP contribution in [0.4, 0.5) is 5.69 Å². The minimum atomic E-state index is -0.500. The normalized spacial score (nSPS) is 21.5. The van der Waals surface area contributed by atoms with Crippen LogP contribution in [-0.4, -0.2) is 60.4 Å². The van der Waals surface area contributed by atoms with Gasteiger partial charge in [0.15, 0.2) is 6.54 Å². The molecule has 2 amide bonds. The maximum Gasteiger partial charge on any atom is 0.279 e. The Bertz CT molecular complexity index is 984. The third-order valence-corrected chi connectivity index (χ3v) is 7.15. The number of quaternary nitrogens is 1. The van der Waals surface area contributed by atoms with Crippen LogP contribution in [-0.2, 0) is 20.9 Å². The Morgan fingerprint density at radius 3 is 2.29 bits per heavy atom. The van der Waals surface area contributed by atoms with E-state index in [4.69, 9.17) is 9.90 Å². The van der Waals surface area contributed by atoms with Gasteiger partial charge in [0, 0.05) is 30.8 Å². The van der Waals surface area contributed by atoms with Crippen LogP contribution >= 0.6 is 0 Å². The van der Waals surface area contributed by atoms with E-state index in [1.807, 2.05) is 43.0 Å². The van der Waals surface area contributed by atoms with Gasteiger partial charge < -0.3 is 24.6 Å². The zero-order chi connectivity index (χ0) is 25.3. The predicted molar refractivity (Wildman–Crippen MR) is 134 cm³/mol. The number of piperidine rings is 1. The molecule has 7 heteroatoms. The molecule has 4 rings (SSSR count). The first-order chi connectivity index (χ1) is 16.9. The molecule has 7 nitrogen and oxygen atoms in total. The molecule has 35 heavy (non-hydrogen) atoms. The standard InChI is InChI=1S/C27H35N3O2.CH2O2/c1-21-10-8-11-22(2)26(21)28-25(31)20-30(18-23-12-4-3-5-13-23)17-9-14-24(19-30)27(32)29-15-6-7-16-29;2-1-3/h3-5,8,10-13,24H,6-7,9,14-20H2,1-2H3;1H,(H,2,3). The maximum atomic E-state index is 13.3. The van der Waals surface area contributed by atoms with Gasteiger partial charge in [0.1, 0.15) is 6.54 Å². The molecule has 2 atom stereocenters. The van der Waals surface area contributed by atoms with Gasteiger partial charge in [0.2, 0.25) is 5.91 Å². The molecule has 2 aliphatic rings. The van der Waals surface area contributed by atoms with Crippen LogP contribution in [0.5, 0.6) is 0 Å². The summed E-state index contributed by atoms with van der Waals surface area (Å²) in [6, 6.07) is 16.5. The summed E-state index contributed by atoms with van der Waals surface area (Å²) in [5.74, 6) is 0.346. The zero-order valence-electron chi connectivity index (χ0n) is 20.9. The minimum Gasteiger partial charge on any atom is -0.554 e. The van der Waals surface area contributed by atoms with Crippen molar-refractivity contribution in [3.63, 3.8) is 0 Å². The molecule has 2 aromatic carbocycles.